The first-order valence-electron chi connectivity index (χ1n) is 8.86. The van der Waals surface area contributed by atoms with Gasteiger partial charge < -0.3 is 10.2 Å². The van der Waals surface area contributed by atoms with Gasteiger partial charge in [0.25, 0.3) is 0 Å². The van der Waals surface area contributed by atoms with Crippen LogP contribution >= 0.6 is 0 Å². The molecule has 0 amide bonds. The lowest BCUT2D eigenvalue weighted by molar-refractivity contribution is 0.405. The Morgan fingerprint density at radius 3 is 2.52 bits per heavy atom. The van der Waals surface area contributed by atoms with Gasteiger partial charge in [0.1, 0.15) is 11.9 Å². The summed E-state index contributed by atoms with van der Waals surface area (Å²) in [6.45, 7) is 6.37. The molecule has 2 rings (SSSR count). The summed E-state index contributed by atoms with van der Waals surface area (Å²) in [5.41, 5.74) is 4.63. The van der Waals surface area contributed by atoms with Gasteiger partial charge in [-0.2, -0.15) is 5.26 Å². The van der Waals surface area contributed by atoms with Gasteiger partial charge in [-0.1, -0.05) is 13.8 Å². The van der Waals surface area contributed by atoms with Crippen LogP contribution in [0.15, 0.2) is 0 Å². The van der Waals surface area contributed by atoms with Crippen LogP contribution in [0.5, 0.6) is 0 Å². The molecular formula is C19H30N4. The molecule has 1 aliphatic rings. The van der Waals surface area contributed by atoms with E-state index in [1.165, 1.54) is 29.7 Å². The van der Waals surface area contributed by atoms with Crippen LogP contribution in [0.2, 0.25) is 0 Å². The second kappa shape index (κ2) is 8.31. The van der Waals surface area contributed by atoms with Crippen LogP contribution in [0.1, 0.15) is 55.5 Å². The second-order valence-electron chi connectivity index (χ2n) is 7.24. The first kappa shape index (κ1) is 17.7. The molecule has 23 heavy (non-hydrogen) atoms. The number of aromatic nitrogens is 1. The maximum atomic E-state index is 9.65. The van der Waals surface area contributed by atoms with E-state index in [4.69, 9.17) is 4.98 Å². The van der Waals surface area contributed by atoms with Gasteiger partial charge in [-0.25, -0.2) is 4.98 Å². The first-order valence-corrected chi connectivity index (χ1v) is 8.86. The number of nitrogens with zero attached hydrogens (tertiary/aromatic N) is 3. The Bertz CT molecular complexity index is 570. The molecule has 1 heterocycles. The minimum Gasteiger partial charge on any atom is -0.369 e. The zero-order valence-electron chi connectivity index (χ0n) is 15.1. The van der Waals surface area contributed by atoms with Gasteiger partial charge in [0.2, 0.25) is 0 Å². The lowest BCUT2D eigenvalue weighted by Gasteiger charge is -2.23. The fraction of sp³-hybridized carbons (Fsp3) is 0.684. The number of nitriles is 1. The third-order valence-corrected chi connectivity index (χ3v) is 4.39. The monoisotopic (exact) mass is 314 g/mol. The van der Waals surface area contributed by atoms with E-state index in [1.807, 2.05) is 0 Å². The molecule has 0 spiro atoms. The summed E-state index contributed by atoms with van der Waals surface area (Å²) in [6.07, 6.45) is 6.57. The fourth-order valence-electron chi connectivity index (χ4n) is 3.31. The maximum Gasteiger partial charge on any atom is 0.144 e. The number of pyridine rings is 1. The Kier molecular flexibility index (Phi) is 6.41. The molecule has 0 bridgehead atoms. The van der Waals surface area contributed by atoms with E-state index in [9.17, 15) is 5.26 Å². The van der Waals surface area contributed by atoms with Crippen LogP contribution in [0, 0.1) is 17.2 Å². The SMILES string of the molecule is CC(C)Cc1nc(NCCCN(C)C)c(C#N)c2c1CCCC2. The quantitative estimate of drug-likeness (QED) is 0.784. The highest BCUT2D eigenvalue weighted by molar-refractivity contribution is 5.60. The van der Waals surface area contributed by atoms with Crippen molar-refractivity contribution in [2.24, 2.45) is 5.92 Å². The fourth-order valence-corrected chi connectivity index (χ4v) is 3.31. The van der Waals surface area contributed by atoms with Gasteiger partial charge >= 0.3 is 0 Å². The maximum absolute atomic E-state index is 9.65. The van der Waals surface area contributed by atoms with Gasteiger partial charge in [-0.15, -0.1) is 0 Å². The van der Waals surface area contributed by atoms with Crippen molar-refractivity contribution in [2.45, 2.75) is 52.4 Å². The van der Waals surface area contributed by atoms with Crippen molar-refractivity contribution in [2.75, 3.05) is 32.5 Å². The van der Waals surface area contributed by atoms with Crippen molar-refractivity contribution in [3.63, 3.8) is 0 Å². The molecule has 0 fully saturated rings. The van der Waals surface area contributed by atoms with Crippen molar-refractivity contribution < 1.29 is 0 Å². The Morgan fingerprint density at radius 2 is 1.91 bits per heavy atom. The van der Waals surface area contributed by atoms with Crippen molar-refractivity contribution in [3.8, 4) is 6.07 Å². The summed E-state index contributed by atoms with van der Waals surface area (Å²) >= 11 is 0. The molecule has 1 aliphatic carbocycles. The average Bonchev–Trinajstić information content (AvgIpc) is 2.51. The summed E-state index contributed by atoms with van der Waals surface area (Å²) < 4.78 is 0. The van der Waals surface area contributed by atoms with Crippen LogP contribution < -0.4 is 5.32 Å². The number of rotatable bonds is 7. The zero-order chi connectivity index (χ0) is 16.8. The highest BCUT2D eigenvalue weighted by Gasteiger charge is 2.22. The molecule has 126 valence electrons. The smallest absolute Gasteiger partial charge is 0.144 e. The number of anilines is 1. The number of nitrogens with one attached hydrogen (secondary N) is 1. The molecule has 4 nitrogen and oxygen atoms in total. The van der Waals surface area contributed by atoms with Gasteiger partial charge in [0.05, 0.1) is 5.56 Å². The van der Waals surface area contributed by atoms with Crippen LogP contribution in [-0.2, 0) is 19.3 Å². The molecule has 0 saturated carbocycles. The highest BCUT2D eigenvalue weighted by Crippen LogP contribution is 2.31. The predicted molar refractivity (Wildman–Crippen MR) is 95.8 cm³/mol. The molecule has 1 aromatic rings. The van der Waals surface area contributed by atoms with Crippen LogP contribution in [0.3, 0.4) is 0 Å². The second-order valence-corrected chi connectivity index (χ2v) is 7.24. The molecule has 0 aliphatic heterocycles. The van der Waals surface area contributed by atoms with Crippen LogP contribution in [0.4, 0.5) is 5.82 Å². The van der Waals surface area contributed by atoms with E-state index >= 15 is 0 Å². The van der Waals surface area contributed by atoms with E-state index in [-0.39, 0.29) is 0 Å². The van der Waals surface area contributed by atoms with Gasteiger partial charge in [0.15, 0.2) is 0 Å². The largest absolute Gasteiger partial charge is 0.369 e. The van der Waals surface area contributed by atoms with Crippen LogP contribution in [-0.4, -0.2) is 37.1 Å². The number of hydrogen-bond acceptors (Lipinski definition) is 4. The zero-order valence-corrected chi connectivity index (χ0v) is 15.1. The molecule has 1 aromatic heterocycles. The van der Waals surface area contributed by atoms with E-state index in [0.29, 0.717) is 5.92 Å². The topological polar surface area (TPSA) is 52.0 Å². The van der Waals surface area contributed by atoms with Crippen molar-refractivity contribution in [1.82, 2.24) is 9.88 Å². The summed E-state index contributed by atoms with van der Waals surface area (Å²) in [4.78, 5) is 7.04. The van der Waals surface area contributed by atoms with E-state index in [2.05, 4.69) is 44.2 Å². The van der Waals surface area contributed by atoms with E-state index < -0.39 is 0 Å². The Hall–Kier alpha value is -1.60. The summed E-state index contributed by atoms with van der Waals surface area (Å²) in [7, 11) is 4.16. The molecule has 1 N–H and O–H groups in total. The molecular weight excluding hydrogens is 284 g/mol. The minimum absolute atomic E-state index is 0.586. The van der Waals surface area contributed by atoms with Gasteiger partial charge in [0, 0.05) is 12.2 Å². The molecule has 0 atom stereocenters. The lowest BCUT2D eigenvalue weighted by Crippen LogP contribution is -2.19. The highest BCUT2D eigenvalue weighted by atomic mass is 15.1. The minimum atomic E-state index is 0.586. The molecule has 4 heteroatoms. The summed E-state index contributed by atoms with van der Waals surface area (Å²) in [5.74, 6) is 1.39. The van der Waals surface area contributed by atoms with E-state index in [0.717, 1.165) is 50.2 Å². The third-order valence-electron chi connectivity index (χ3n) is 4.39. The Morgan fingerprint density at radius 1 is 1.22 bits per heavy atom. The third kappa shape index (κ3) is 4.68. The van der Waals surface area contributed by atoms with Gasteiger partial charge in [-0.3, -0.25) is 0 Å². The lowest BCUT2D eigenvalue weighted by atomic mass is 9.86. The molecule has 0 aromatic carbocycles. The molecule has 0 saturated heterocycles. The number of fused-ring (bicyclic) bond motifs is 1. The number of hydrogen-bond donors (Lipinski definition) is 1. The van der Waals surface area contributed by atoms with Crippen LogP contribution in [0.25, 0.3) is 0 Å². The average molecular weight is 314 g/mol. The summed E-state index contributed by atoms with van der Waals surface area (Å²) in [6, 6.07) is 2.42. The van der Waals surface area contributed by atoms with Gasteiger partial charge in [-0.05, 0) is 76.2 Å². The van der Waals surface area contributed by atoms with E-state index in [1.54, 1.807) is 0 Å². The Balaban J connectivity index is 2.27. The molecule has 0 unspecified atom stereocenters. The van der Waals surface area contributed by atoms with Crippen molar-refractivity contribution >= 4 is 5.82 Å². The van der Waals surface area contributed by atoms with Crippen molar-refractivity contribution in [3.05, 3.63) is 22.4 Å². The first-order chi connectivity index (χ1) is 11.0. The Labute approximate surface area is 140 Å². The molecule has 0 radical (unpaired) electrons. The predicted octanol–water partition coefficient (Wildman–Crippen LogP) is 3.39. The summed E-state index contributed by atoms with van der Waals surface area (Å²) in [5, 5.41) is 13.1. The normalized spacial score (nSPS) is 14.0. The van der Waals surface area contributed by atoms with Crippen molar-refractivity contribution in [1.29, 1.82) is 5.26 Å². The standard InChI is InChI=1S/C19H30N4/c1-14(2)12-18-16-9-6-5-8-15(16)17(13-20)19(22-18)21-10-7-11-23(3)4/h14H,5-12H2,1-4H3,(H,21,22).